The molecule has 268 valence electrons. The lowest BCUT2D eigenvalue weighted by molar-refractivity contribution is 0.114. The third-order valence-electron chi connectivity index (χ3n) is 10.6. The molecule has 1 aliphatic rings. The molecule has 2 heteroatoms. The predicted molar refractivity (Wildman–Crippen MR) is 205 cm³/mol. The van der Waals surface area contributed by atoms with Gasteiger partial charge in [-0.2, -0.15) is 0 Å². The first-order valence-electron chi connectivity index (χ1n) is 21.4. The van der Waals surface area contributed by atoms with Gasteiger partial charge in [0.2, 0.25) is 0 Å². The molecule has 1 aliphatic heterocycles. The Balaban J connectivity index is 1.95. The van der Waals surface area contributed by atoms with Crippen molar-refractivity contribution in [3.05, 3.63) is 12.4 Å². The van der Waals surface area contributed by atoms with E-state index < -0.39 is 0 Å². The molecular formula is C43H86N2. The highest BCUT2D eigenvalue weighted by Crippen LogP contribution is 2.25. The van der Waals surface area contributed by atoms with Crippen molar-refractivity contribution in [3.63, 3.8) is 0 Å². The zero-order chi connectivity index (χ0) is 32.5. The highest BCUT2D eigenvalue weighted by Gasteiger charge is 2.26. The van der Waals surface area contributed by atoms with Crippen LogP contribution in [0.1, 0.15) is 246 Å². The van der Waals surface area contributed by atoms with Gasteiger partial charge in [0.25, 0.3) is 0 Å². The van der Waals surface area contributed by atoms with Crippen LogP contribution in [-0.2, 0) is 0 Å². The fourth-order valence-corrected chi connectivity index (χ4v) is 7.48. The number of hydrogen-bond acceptors (Lipinski definition) is 2. The summed E-state index contributed by atoms with van der Waals surface area (Å²) >= 11 is 0. The quantitative estimate of drug-likeness (QED) is 0.0635. The average molecular weight is 631 g/mol. The summed E-state index contributed by atoms with van der Waals surface area (Å²) in [5, 5.41) is 0. The zero-order valence-corrected chi connectivity index (χ0v) is 32.0. The van der Waals surface area contributed by atoms with Crippen molar-refractivity contribution >= 4 is 0 Å². The lowest BCUT2D eigenvalue weighted by atomic mass is 10.0. The Morgan fingerprint density at radius 2 is 0.667 bits per heavy atom. The lowest BCUT2D eigenvalue weighted by Gasteiger charge is -2.35. The molecule has 1 unspecified atom stereocenters. The van der Waals surface area contributed by atoms with Gasteiger partial charge in [-0.1, -0.05) is 213 Å². The Hall–Kier alpha value is -0.660. The third-order valence-corrected chi connectivity index (χ3v) is 10.6. The minimum atomic E-state index is 0.604. The Kier molecular flexibility index (Phi) is 31.3. The Morgan fingerprint density at radius 1 is 0.378 bits per heavy atom. The van der Waals surface area contributed by atoms with Crippen molar-refractivity contribution in [1.29, 1.82) is 0 Å². The van der Waals surface area contributed by atoms with Crippen LogP contribution in [0.5, 0.6) is 0 Å². The molecule has 45 heavy (non-hydrogen) atoms. The van der Waals surface area contributed by atoms with E-state index in [-0.39, 0.29) is 0 Å². The largest absolute Gasteiger partial charge is 0.356 e. The second-order valence-corrected chi connectivity index (χ2v) is 15.3. The van der Waals surface area contributed by atoms with Gasteiger partial charge in [0, 0.05) is 25.0 Å². The molecule has 0 N–H and O–H groups in total. The van der Waals surface area contributed by atoms with Crippen LogP contribution in [-0.4, -0.2) is 28.6 Å². The molecule has 0 fully saturated rings. The van der Waals surface area contributed by atoms with Crippen LogP contribution >= 0.6 is 0 Å². The second-order valence-electron chi connectivity index (χ2n) is 15.3. The molecule has 0 aliphatic carbocycles. The van der Waals surface area contributed by atoms with Crippen LogP contribution < -0.4 is 0 Å². The minimum absolute atomic E-state index is 0.604. The van der Waals surface area contributed by atoms with E-state index in [4.69, 9.17) is 0 Å². The average Bonchev–Trinajstić information content (AvgIpc) is 3.45. The van der Waals surface area contributed by atoms with Crippen molar-refractivity contribution in [2.24, 2.45) is 0 Å². The summed E-state index contributed by atoms with van der Waals surface area (Å²) in [6.45, 7) is 10.6. The molecule has 0 amide bonds. The summed E-state index contributed by atoms with van der Waals surface area (Å²) in [6.07, 6.45) is 54.7. The molecular weight excluding hydrogens is 544 g/mol. The summed E-state index contributed by atoms with van der Waals surface area (Å²) in [5.74, 6) is 0. The van der Waals surface area contributed by atoms with Crippen LogP contribution in [0.4, 0.5) is 0 Å². The van der Waals surface area contributed by atoms with E-state index in [2.05, 4.69) is 49.9 Å². The Labute approximate surface area is 286 Å². The molecule has 0 bridgehead atoms. The first kappa shape index (κ1) is 42.4. The summed E-state index contributed by atoms with van der Waals surface area (Å²) in [4.78, 5) is 5.30. The maximum Gasteiger partial charge on any atom is 0.101 e. The van der Waals surface area contributed by atoms with Crippen molar-refractivity contribution in [1.82, 2.24) is 9.80 Å². The van der Waals surface area contributed by atoms with E-state index in [1.807, 2.05) is 0 Å². The van der Waals surface area contributed by atoms with E-state index in [0.717, 1.165) is 0 Å². The Bertz CT molecular complexity index is 599. The maximum absolute atomic E-state index is 2.68. The number of unbranched alkanes of at least 4 members (excludes halogenated alkanes) is 31. The topological polar surface area (TPSA) is 6.48 Å². The predicted octanol–water partition coefficient (Wildman–Crippen LogP) is 15.1. The van der Waals surface area contributed by atoms with Crippen LogP contribution in [0.3, 0.4) is 0 Å². The third kappa shape index (κ3) is 26.0. The summed E-state index contributed by atoms with van der Waals surface area (Å²) in [6, 6.07) is 0.604. The van der Waals surface area contributed by atoms with E-state index in [9.17, 15) is 0 Å². The standard InChI is InChI=1S/C43H86N2/c1-5-7-9-11-13-15-17-19-21-23-25-27-29-31-33-35-37-39-44-40-41-45(42(3)4)43(44)38-36-34-32-30-28-26-24-22-20-18-16-14-12-10-8-6-2/h40-43H,5-39H2,1-4H3. The fourth-order valence-electron chi connectivity index (χ4n) is 7.48. The number of nitrogens with zero attached hydrogens (tertiary/aromatic N) is 2. The fraction of sp³-hybridized carbons (Fsp3) is 0.953. The van der Waals surface area contributed by atoms with Gasteiger partial charge in [-0.3, -0.25) is 0 Å². The Morgan fingerprint density at radius 3 is 0.978 bits per heavy atom. The lowest BCUT2D eigenvalue weighted by Crippen LogP contribution is -2.42. The van der Waals surface area contributed by atoms with Crippen molar-refractivity contribution < 1.29 is 0 Å². The molecule has 0 aromatic rings. The molecule has 2 nitrogen and oxygen atoms in total. The van der Waals surface area contributed by atoms with Gasteiger partial charge in [-0.25, -0.2) is 0 Å². The first-order valence-corrected chi connectivity index (χ1v) is 21.4. The second kappa shape index (κ2) is 33.2. The molecule has 0 aromatic heterocycles. The van der Waals surface area contributed by atoms with Gasteiger partial charge in [-0.05, 0) is 33.1 Å². The van der Waals surface area contributed by atoms with Crippen LogP contribution in [0.2, 0.25) is 0 Å². The molecule has 0 saturated carbocycles. The minimum Gasteiger partial charge on any atom is -0.356 e. The van der Waals surface area contributed by atoms with E-state index in [1.54, 1.807) is 0 Å². The SMILES string of the molecule is CCCCCCCCCCCCCCCCCCCN1C=CN(C(C)C)C1CCCCCCCCCCCCCCCCCC. The van der Waals surface area contributed by atoms with Crippen LogP contribution in [0.15, 0.2) is 12.4 Å². The molecule has 1 rings (SSSR count). The van der Waals surface area contributed by atoms with Crippen molar-refractivity contribution in [2.45, 2.75) is 258 Å². The molecule has 0 spiro atoms. The van der Waals surface area contributed by atoms with Crippen molar-refractivity contribution in [2.75, 3.05) is 6.54 Å². The first-order chi connectivity index (χ1) is 22.2. The van der Waals surface area contributed by atoms with Gasteiger partial charge < -0.3 is 9.80 Å². The monoisotopic (exact) mass is 631 g/mol. The molecule has 1 heterocycles. The summed E-state index contributed by atoms with van der Waals surface area (Å²) in [5.41, 5.74) is 0. The van der Waals surface area contributed by atoms with E-state index in [0.29, 0.717) is 12.2 Å². The van der Waals surface area contributed by atoms with E-state index in [1.165, 1.54) is 225 Å². The van der Waals surface area contributed by atoms with Crippen molar-refractivity contribution in [3.8, 4) is 0 Å². The van der Waals surface area contributed by atoms with Gasteiger partial charge in [-0.15, -0.1) is 0 Å². The van der Waals surface area contributed by atoms with Crippen LogP contribution in [0.25, 0.3) is 0 Å². The summed E-state index contributed by atoms with van der Waals surface area (Å²) in [7, 11) is 0. The number of rotatable bonds is 36. The zero-order valence-electron chi connectivity index (χ0n) is 32.0. The molecule has 0 aromatic carbocycles. The smallest absolute Gasteiger partial charge is 0.101 e. The van der Waals surface area contributed by atoms with Gasteiger partial charge >= 0.3 is 0 Å². The highest BCUT2D eigenvalue weighted by atomic mass is 15.4. The highest BCUT2D eigenvalue weighted by molar-refractivity contribution is 4.98. The molecule has 0 radical (unpaired) electrons. The normalized spacial score (nSPS) is 14.9. The van der Waals surface area contributed by atoms with E-state index >= 15 is 0 Å². The number of hydrogen-bond donors (Lipinski definition) is 0. The molecule has 1 atom stereocenters. The maximum atomic E-state index is 2.68. The van der Waals surface area contributed by atoms with Gasteiger partial charge in [0.1, 0.15) is 6.17 Å². The summed E-state index contributed by atoms with van der Waals surface area (Å²) < 4.78 is 0. The van der Waals surface area contributed by atoms with Gasteiger partial charge in [0.15, 0.2) is 0 Å². The molecule has 0 saturated heterocycles. The van der Waals surface area contributed by atoms with Gasteiger partial charge in [0.05, 0.1) is 0 Å². The van der Waals surface area contributed by atoms with Crippen LogP contribution in [0, 0.1) is 0 Å².